The summed E-state index contributed by atoms with van der Waals surface area (Å²) < 4.78 is 43.0. The van der Waals surface area contributed by atoms with Gasteiger partial charge in [0.2, 0.25) is 11.7 Å². The van der Waals surface area contributed by atoms with Gasteiger partial charge in [-0.2, -0.15) is 18.4 Å². The average molecular weight is 392 g/mol. The molecular weight excluding hydrogens is 377 g/mol. The lowest BCUT2D eigenvalue weighted by Crippen LogP contribution is -2.04. The van der Waals surface area contributed by atoms with Crippen LogP contribution in [-0.2, 0) is 24.2 Å². The maximum atomic E-state index is 12.5. The molecule has 2 aromatic heterocycles. The first-order valence-electron chi connectivity index (χ1n) is 8.06. The summed E-state index contributed by atoms with van der Waals surface area (Å²) in [6, 6.07) is 8.12. The number of aromatic amines is 1. The fraction of sp³-hybridized carbons (Fsp3) is 0.235. The molecule has 2 heterocycles. The Morgan fingerprint density at radius 1 is 1.11 bits per heavy atom. The van der Waals surface area contributed by atoms with E-state index in [4.69, 9.17) is 9.57 Å². The lowest BCUT2D eigenvalue weighted by atomic mass is 10.1. The number of hydrogen-bond acceptors (Lipinski definition) is 7. The molecule has 0 unspecified atom stereocenters. The Bertz CT molecular complexity index is 910. The van der Waals surface area contributed by atoms with Gasteiger partial charge in [-0.25, -0.2) is 4.98 Å². The van der Waals surface area contributed by atoms with Gasteiger partial charge in [0.05, 0.1) is 11.3 Å². The van der Waals surface area contributed by atoms with Crippen molar-refractivity contribution >= 4 is 5.71 Å². The standard InChI is InChI=1S/C17H15F3N6O2/c1-11(24-28-9-12-2-5-14(6-3-12)17(18,19)20)13-4-7-16(21-8-13)27-10-15-22-25-26-23-15/h2-8H,9-10H2,1H3,(H,22,23,25,26). The van der Waals surface area contributed by atoms with E-state index in [1.165, 1.54) is 12.1 Å². The second kappa shape index (κ2) is 8.46. The summed E-state index contributed by atoms with van der Waals surface area (Å²) in [5.74, 6) is 0.785. The number of aromatic nitrogens is 5. The van der Waals surface area contributed by atoms with Gasteiger partial charge in [0.1, 0.15) is 6.61 Å². The maximum Gasteiger partial charge on any atom is 0.416 e. The molecule has 0 saturated heterocycles. The van der Waals surface area contributed by atoms with E-state index in [9.17, 15) is 13.2 Å². The van der Waals surface area contributed by atoms with Crippen LogP contribution in [0.15, 0.2) is 47.8 Å². The van der Waals surface area contributed by atoms with Crippen molar-refractivity contribution in [1.82, 2.24) is 25.6 Å². The normalized spacial score (nSPS) is 12.1. The highest BCUT2D eigenvalue weighted by atomic mass is 19.4. The maximum absolute atomic E-state index is 12.5. The van der Waals surface area contributed by atoms with Crippen molar-refractivity contribution in [2.24, 2.45) is 5.16 Å². The third kappa shape index (κ3) is 5.25. The molecule has 0 amide bonds. The van der Waals surface area contributed by atoms with Crippen molar-refractivity contribution in [3.05, 3.63) is 65.1 Å². The third-order valence-electron chi connectivity index (χ3n) is 3.61. The number of nitrogens with zero attached hydrogens (tertiary/aromatic N) is 5. The molecule has 0 aliphatic carbocycles. The summed E-state index contributed by atoms with van der Waals surface area (Å²) in [6.45, 7) is 1.91. The zero-order valence-corrected chi connectivity index (χ0v) is 14.6. The summed E-state index contributed by atoms with van der Waals surface area (Å²) in [5.41, 5.74) is 1.14. The van der Waals surface area contributed by atoms with Crippen molar-refractivity contribution in [1.29, 1.82) is 0 Å². The van der Waals surface area contributed by atoms with Gasteiger partial charge in [-0.3, -0.25) is 0 Å². The summed E-state index contributed by atoms with van der Waals surface area (Å²) in [5, 5.41) is 17.2. The molecule has 1 N–H and O–H groups in total. The Hall–Kier alpha value is -3.50. The number of nitrogens with one attached hydrogen (secondary N) is 1. The Kier molecular flexibility index (Phi) is 5.82. The first-order valence-corrected chi connectivity index (χ1v) is 8.06. The molecule has 146 valence electrons. The van der Waals surface area contributed by atoms with E-state index in [2.05, 4.69) is 30.8 Å². The van der Waals surface area contributed by atoms with E-state index in [1.807, 2.05) is 0 Å². The predicted molar refractivity (Wildman–Crippen MR) is 91.2 cm³/mol. The molecule has 28 heavy (non-hydrogen) atoms. The van der Waals surface area contributed by atoms with Gasteiger partial charge in [0, 0.05) is 17.8 Å². The Morgan fingerprint density at radius 2 is 1.89 bits per heavy atom. The van der Waals surface area contributed by atoms with Gasteiger partial charge in [-0.1, -0.05) is 22.5 Å². The van der Waals surface area contributed by atoms with E-state index in [-0.39, 0.29) is 13.2 Å². The smallest absolute Gasteiger partial charge is 0.416 e. The largest absolute Gasteiger partial charge is 0.469 e. The fourth-order valence-corrected chi connectivity index (χ4v) is 2.11. The minimum absolute atomic E-state index is 0.0504. The van der Waals surface area contributed by atoms with Crippen molar-refractivity contribution in [2.75, 3.05) is 0 Å². The number of hydrogen-bond donors (Lipinski definition) is 1. The molecule has 0 saturated carbocycles. The molecule has 1 aromatic carbocycles. The number of oxime groups is 1. The average Bonchev–Trinajstić information content (AvgIpc) is 3.20. The second-order valence-corrected chi connectivity index (χ2v) is 5.65. The van der Waals surface area contributed by atoms with Crippen molar-refractivity contribution in [2.45, 2.75) is 26.3 Å². The molecule has 0 radical (unpaired) electrons. The lowest BCUT2D eigenvalue weighted by Gasteiger charge is -2.07. The highest BCUT2D eigenvalue weighted by Crippen LogP contribution is 2.29. The van der Waals surface area contributed by atoms with Gasteiger partial charge < -0.3 is 9.57 Å². The number of benzene rings is 1. The summed E-state index contributed by atoms with van der Waals surface area (Å²) in [7, 11) is 0. The van der Waals surface area contributed by atoms with E-state index in [0.29, 0.717) is 28.5 Å². The summed E-state index contributed by atoms with van der Waals surface area (Å²) >= 11 is 0. The van der Waals surface area contributed by atoms with Crippen molar-refractivity contribution < 1.29 is 22.7 Å². The van der Waals surface area contributed by atoms with Crippen LogP contribution in [0.4, 0.5) is 13.2 Å². The van der Waals surface area contributed by atoms with Crippen LogP contribution in [0.2, 0.25) is 0 Å². The Morgan fingerprint density at radius 3 is 2.50 bits per heavy atom. The molecule has 3 rings (SSSR count). The Labute approximate surface area is 157 Å². The first-order chi connectivity index (χ1) is 13.4. The number of halogens is 3. The summed E-state index contributed by atoms with van der Waals surface area (Å²) in [6.07, 6.45) is -2.80. The zero-order valence-electron chi connectivity index (χ0n) is 14.6. The van der Waals surface area contributed by atoms with E-state index < -0.39 is 11.7 Å². The van der Waals surface area contributed by atoms with Crippen LogP contribution in [0.3, 0.4) is 0 Å². The van der Waals surface area contributed by atoms with Gasteiger partial charge in [0.25, 0.3) is 0 Å². The number of ether oxygens (including phenoxy) is 1. The quantitative estimate of drug-likeness (QED) is 0.490. The summed E-state index contributed by atoms with van der Waals surface area (Å²) in [4.78, 5) is 9.36. The van der Waals surface area contributed by atoms with Crippen molar-refractivity contribution in [3.63, 3.8) is 0 Å². The van der Waals surface area contributed by atoms with Gasteiger partial charge in [0.15, 0.2) is 6.61 Å². The Balaban J connectivity index is 1.51. The minimum atomic E-state index is -4.36. The first kappa shape index (κ1) is 19.3. The fourth-order valence-electron chi connectivity index (χ4n) is 2.11. The zero-order chi connectivity index (χ0) is 20.0. The lowest BCUT2D eigenvalue weighted by molar-refractivity contribution is -0.137. The van der Waals surface area contributed by atoms with E-state index >= 15 is 0 Å². The van der Waals surface area contributed by atoms with Gasteiger partial charge in [-0.15, -0.1) is 10.2 Å². The molecular formula is C17H15F3N6O2. The molecule has 11 heteroatoms. The highest BCUT2D eigenvalue weighted by molar-refractivity contribution is 5.98. The minimum Gasteiger partial charge on any atom is -0.469 e. The topological polar surface area (TPSA) is 98.2 Å². The van der Waals surface area contributed by atoms with Crippen LogP contribution in [-0.4, -0.2) is 31.3 Å². The van der Waals surface area contributed by atoms with Crippen molar-refractivity contribution in [3.8, 4) is 5.88 Å². The second-order valence-electron chi connectivity index (χ2n) is 5.65. The molecule has 0 atom stereocenters. The number of tetrazole rings is 1. The van der Waals surface area contributed by atoms with Gasteiger partial charge in [-0.05, 0) is 30.7 Å². The predicted octanol–water partition coefficient (Wildman–Crippen LogP) is 3.13. The molecule has 3 aromatic rings. The molecule has 0 bridgehead atoms. The van der Waals surface area contributed by atoms with Crippen LogP contribution in [0.5, 0.6) is 5.88 Å². The highest BCUT2D eigenvalue weighted by Gasteiger charge is 2.29. The molecule has 8 nitrogen and oxygen atoms in total. The number of pyridine rings is 1. The molecule has 0 spiro atoms. The number of H-pyrrole nitrogens is 1. The molecule has 0 aliphatic rings. The molecule has 0 aliphatic heterocycles. The number of alkyl halides is 3. The van der Waals surface area contributed by atoms with Crippen LogP contribution in [0.1, 0.15) is 29.4 Å². The van der Waals surface area contributed by atoms with E-state index in [1.54, 1.807) is 25.3 Å². The number of rotatable bonds is 7. The van der Waals surface area contributed by atoms with Crippen LogP contribution in [0, 0.1) is 0 Å². The van der Waals surface area contributed by atoms with Gasteiger partial charge >= 0.3 is 6.18 Å². The monoisotopic (exact) mass is 392 g/mol. The van der Waals surface area contributed by atoms with Crippen LogP contribution < -0.4 is 4.74 Å². The third-order valence-corrected chi connectivity index (χ3v) is 3.61. The molecule has 0 fully saturated rings. The van der Waals surface area contributed by atoms with E-state index in [0.717, 1.165) is 12.1 Å². The van der Waals surface area contributed by atoms with Crippen LogP contribution >= 0.6 is 0 Å². The van der Waals surface area contributed by atoms with Crippen LogP contribution in [0.25, 0.3) is 0 Å². The SMILES string of the molecule is CC(=NOCc1ccc(C(F)(F)F)cc1)c1ccc(OCc2nn[nH]n2)nc1.